The summed E-state index contributed by atoms with van der Waals surface area (Å²) in [7, 11) is 0. The highest BCUT2D eigenvalue weighted by molar-refractivity contribution is 7.17. The molecule has 6 nitrogen and oxygen atoms in total. The molecule has 128 valence electrons. The predicted molar refractivity (Wildman–Crippen MR) is 95.7 cm³/mol. The molecule has 25 heavy (non-hydrogen) atoms. The van der Waals surface area contributed by atoms with Crippen LogP contribution in [0.4, 0.5) is 0 Å². The summed E-state index contributed by atoms with van der Waals surface area (Å²) in [4.78, 5) is 40.3. The average Bonchev–Trinajstić information content (AvgIpc) is 3.01. The molecule has 0 aliphatic heterocycles. The second-order valence-electron chi connectivity index (χ2n) is 5.74. The summed E-state index contributed by atoms with van der Waals surface area (Å²) < 4.78 is 6.01. The summed E-state index contributed by atoms with van der Waals surface area (Å²) in [6.07, 6.45) is 1.33. The van der Waals surface area contributed by atoms with Crippen LogP contribution in [0.5, 0.6) is 0 Å². The van der Waals surface area contributed by atoms with Crippen molar-refractivity contribution in [2.45, 2.75) is 20.4 Å². The van der Waals surface area contributed by atoms with Gasteiger partial charge < -0.3 is 4.74 Å². The summed E-state index contributed by atoms with van der Waals surface area (Å²) in [6, 6.07) is 7.86. The second-order valence-corrected chi connectivity index (χ2v) is 6.59. The Balaban J connectivity index is 1.97. The van der Waals surface area contributed by atoms with Gasteiger partial charge >= 0.3 is 5.97 Å². The van der Waals surface area contributed by atoms with Crippen LogP contribution in [0, 0.1) is 6.92 Å². The maximum absolute atomic E-state index is 12.8. The Morgan fingerprint density at radius 1 is 1.24 bits per heavy atom. The van der Waals surface area contributed by atoms with Crippen molar-refractivity contribution in [2.24, 2.45) is 0 Å². The molecule has 1 aromatic carbocycles. The Kier molecular flexibility index (Phi) is 4.76. The largest absolute Gasteiger partial charge is 0.456 e. The third-order valence-electron chi connectivity index (χ3n) is 3.66. The number of ketones is 1. The number of hydrogen-bond acceptors (Lipinski definition) is 6. The topological polar surface area (TPSA) is 78.3 Å². The fourth-order valence-corrected chi connectivity index (χ4v) is 3.30. The molecule has 7 heteroatoms. The Hall–Kier alpha value is -2.80. The van der Waals surface area contributed by atoms with Crippen molar-refractivity contribution in [3.8, 4) is 11.1 Å². The van der Waals surface area contributed by atoms with E-state index < -0.39 is 5.97 Å². The SMILES string of the molecule is CC(=O)COC(=O)Cn1cnc2scc(-c3ccc(C)cc3)c2c1=O. The average molecular weight is 356 g/mol. The lowest BCUT2D eigenvalue weighted by Gasteiger charge is -2.06. The Bertz CT molecular complexity index is 1000. The summed E-state index contributed by atoms with van der Waals surface area (Å²) in [5, 5.41) is 2.37. The number of benzene rings is 1. The maximum atomic E-state index is 12.8. The Morgan fingerprint density at radius 2 is 1.96 bits per heavy atom. The maximum Gasteiger partial charge on any atom is 0.326 e. The lowest BCUT2D eigenvalue weighted by Crippen LogP contribution is -2.26. The number of carbonyl (C=O) groups excluding carboxylic acids is 2. The molecule has 0 amide bonds. The van der Waals surface area contributed by atoms with Gasteiger partial charge in [0.25, 0.3) is 5.56 Å². The number of nitrogens with zero attached hydrogens (tertiary/aromatic N) is 2. The zero-order valence-electron chi connectivity index (χ0n) is 13.8. The molecule has 0 saturated carbocycles. The van der Waals surface area contributed by atoms with E-state index in [0.29, 0.717) is 10.2 Å². The molecule has 0 atom stereocenters. The van der Waals surface area contributed by atoms with Gasteiger partial charge in [-0.05, 0) is 19.4 Å². The van der Waals surface area contributed by atoms with Gasteiger partial charge in [-0.15, -0.1) is 11.3 Å². The van der Waals surface area contributed by atoms with Crippen molar-refractivity contribution in [1.82, 2.24) is 9.55 Å². The summed E-state index contributed by atoms with van der Waals surface area (Å²) in [5.74, 6) is -0.903. The first-order valence-corrected chi connectivity index (χ1v) is 8.52. The Labute approximate surface area is 147 Å². The van der Waals surface area contributed by atoms with E-state index in [1.165, 1.54) is 29.2 Å². The van der Waals surface area contributed by atoms with Gasteiger partial charge in [-0.2, -0.15) is 0 Å². The van der Waals surface area contributed by atoms with Crippen LogP contribution < -0.4 is 5.56 Å². The molecule has 0 N–H and O–H groups in total. The van der Waals surface area contributed by atoms with Crippen molar-refractivity contribution < 1.29 is 14.3 Å². The number of aryl methyl sites for hydroxylation is 1. The van der Waals surface area contributed by atoms with E-state index in [0.717, 1.165) is 16.7 Å². The predicted octanol–water partition coefficient (Wildman–Crippen LogP) is 2.57. The molecule has 2 aromatic heterocycles. The monoisotopic (exact) mass is 356 g/mol. The summed E-state index contributed by atoms with van der Waals surface area (Å²) in [5.41, 5.74) is 2.55. The third kappa shape index (κ3) is 3.66. The zero-order chi connectivity index (χ0) is 18.0. The summed E-state index contributed by atoms with van der Waals surface area (Å²) >= 11 is 1.38. The zero-order valence-corrected chi connectivity index (χ0v) is 14.6. The van der Waals surface area contributed by atoms with Crippen LogP contribution in [0.15, 0.2) is 40.8 Å². The lowest BCUT2D eigenvalue weighted by molar-refractivity contribution is -0.148. The molecule has 0 aliphatic carbocycles. The normalized spacial score (nSPS) is 10.8. The van der Waals surface area contributed by atoms with Gasteiger partial charge in [-0.1, -0.05) is 29.8 Å². The van der Waals surface area contributed by atoms with Gasteiger partial charge in [-0.3, -0.25) is 19.0 Å². The van der Waals surface area contributed by atoms with Gasteiger partial charge in [0.1, 0.15) is 18.0 Å². The first-order chi connectivity index (χ1) is 12.0. The van der Waals surface area contributed by atoms with Crippen molar-refractivity contribution in [3.63, 3.8) is 0 Å². The van der Waals surface area contributed by atoms with Crippen LogP contribution in [0.3, 0.4) is 0 Å². The molecule has 0 unspecified atom stereocenters. The molecule has 0 aliphatic rings. The number of aromatic nitrogens is 2. The number of esters is 1. The number of hydrogen-bond donors (Lipinski definition) is 0. The Morgan fingerprint density at radius 3 is 2.64 bits per heavy atom. The fraction of sp³-hybridized carbons (Fsp3) is 0.222. The smallest absolute Gasteiger partial charge is 0.326 e. The fourth-order valence-electron chi connectivity index (χ4n) is 2.39. The minimum absolute atomic E-state index is 0.256. The highest BCUT2D eigenvalue weighted by atomic mass is 32.1. The van der Waals surface area contributed by atoms with Crippen LogP contribution in [-0.4, -0.2) is 27.9 Å². The first kappa shape index (κ1) is 17.0. The number of carbonyl (C=O) groups is 2. The number of ether oxygens (including phenoxy) is 1. The third-order valence-corrected chi connectivity index (χ3v) is 4.55. The van der Waals surface area contributed by atoms with E-state index in [4.69, 9.17) is 4.74 Å². The van der Waals surface area contributed by atoms with Crippen LogP contribution >= 0.6 is 11.3 Å². The number of rotatable bonds is 5. The van der Waals surface area contributed by atoms with E-state index in [9.17, 15) is 14.4 Å². The van der Waals surface area contributed by atoms with E-state index in [1.807, 2.05) is 36.6 Å². The number of thiophene rings is 1. The molecular formula is C18H16N2O4S. The standard InChI is InChI=1S/C18H16N2O4S/c1-11-3-5-13(6-4-11)14-9-25-17-16(14)18(23)20(10-19-17)7-15(22)24-8-12(2)21/h3-6,9-10H,7-8H2,1-2H3. The minimum Gasteiger partial charge on any atom is -0.456 e. The van der Waals surface area contributed by atoms with Crippen molar-refractivity contribution in [2.75, 3.05) is 6.61 Å². The molecule has 3 aromatic rings. The van der Waals surface area contributed by atoms with Gasteiger partial charge in [0.15, 0.2) is 5.78 Å². The molecule has 3 rings (SSSR count). The van der Waals surface area contributed by atoms with E-state index in [-0.39, 0.29) is 24.5 Å². The molecule has 0 bridgehead atoms. The highest BCUT2D eigenvalue weighted by Crippen LogP contribution is 2.30. The molecule has 0 radical (unpaired) electrons. The molecule has 0 saturated heterocycles. The highest BCUT2D eigenvalue weighted by Gasteiger charge is 2.15. The van der Waals surface area contributed by atoms with Crippen LogP contribution in [0.2, 0.25) is 0 Å². The van der Waals surface area contributed by atoms with Gasteiger partial charge in [-0.25, -0.2) is 4.98 Å². The summed E-state index contributed by atoms with van der Waals surface area (Å²) in [6.45, 7) is 2.75. The minimum atomic E-state index is -0.648. The van der Waals surface area contributed by atoms with E-state index in [1.54, 1.807) is 0 Å². The molecular weight excluding hydrogens is 340 g/mol. The molecule has 0 spiro atoms. The molecule has 0 fully saturated rings. The van der Waals surface area contributed by atoms with Gasteiger partial charge in [0, 0.05) is 10.9 Å². The van der Waals surface area contributed by atoms with Crippen molar-refractivity contribution in [3.05, 3.63) is 51.9 Å². The van der Waals surface area contributed by atoms with E-state index in [2.05, 4.69) is 4.98 Å². The van der Waals surface area contributed by atoms with Gasteiger partial charge in [0.2, 0.25) is 0 Å². The number of Topliss-reactive ketones (excluding diaryl/α,β-unsaturated/α-hetero) is 1. The lowest BCUT2D eigenvalue weighted by atomic mass is 10.1. The number of fused-ring (bicyclic) bond motifs is 1. The first-order valence-electron chi connectivity index (χ1n) is 7.64. The molecule has 2 heterocycles. The van der Waals surface area contributed by atoms with Gasteiger partial charge in [0.05, 0.1) is 11.7 Å². The van der Waals surface area contributed by atoms with Crippen molar-refractivity contribution >= 4 is 33.3 Å². The van der Waals surface area contributed by atoms with Crippen LogP contribution in [0.25, 0.3) is 21.3 Å². The quantitative estimate of drug-likeness (QED) is 0.657. The van der Waals surface area contributed by atoms with E-state index >= 15 is 0 Å². The van der Waals surface area contributed by atoms with Crippen molar-refractivity contribution in [1.29, 1.82) is 0 Å². The second kappa shape index (κ2) is 6.98. The van der Waals surface area contributed by atoms with Crippen LogP contribution in [-0.2, 0) is 20.9 Å². The van der Waals surface area contributed by atoms with Crippen LogP contribution in [0.1, 0.15) is 12.5 Å².